The van der Waals surface area contributed by atoms with Crippen LogP contribution in [0.4, 0.5) is 22.7 Å². The molecule has 0 bridgehead atoms. The average Bonchev–Trinajstić information content (AvgIpc) is 0.811. The summed E-state index contributed by atoms with van der Waals surface area (Å²) in [7, 11) is 0. The Morgan fingerprint density at radius 3 is 1.23 bits per heavy atom. The molecule has 2 aromatic heterocycles. The Morgan fingerprint density at radius 1 is 0.391 bits per heavy atom. The fourth-order valence-corrected chi connectivity index (χ4v) is 19.8. The Balaban J connectivity index is 0.985. The van der Waals surface area contributed by atoms with E-state index in [1.807, 2.05) is 0 Å². The molecule has 456 valence electrons. The lowest BCUT2D eigenvalue weighted by Gasteiger charge is -2.53. The molecule has 4 heterocycles. The molecular weight excluding hydrogens is 1110 g/mol. The maximum atomic E-state index is 3.06. The standard InChI is InChI=1S/C87H85BN4/c1-56-50-57(2)84(58(3)51-56)63-52-82-85-83(53-63)92(87-68(61-30-12-6-13-31-61)40-25-41-69(87)62-32-14-7-15-33-62)81-55-65(90-78-44-22-18-36-72(78)73-37-19-23-45-79(73)90)47-49-75(81)88(85)74-48-46-64(89-76-42-20-16-34-70(76)71-35-17-21-43-77(71)89)54-80(74)91(82)86-66(59-26-8-4-9-27-59)38-24-39-67(86)60-28-10-5-11-29-60/h4,6,8,12,16-23,28,32,34-38,40,42-55,59,61,67,69,86-87H,5,7,9-11,13-15,24-27,29-31,33,39,41H2,1-3H3. The molecule has 8 aromatic carbocycles. The third-order valence-corrected chi connectivity index (χ3v) is 23.6. The van der Waals surface area contributed by atoms with Gasteiger partial charge in [-0.3, -0.25) is 0 Å². The lowest BCUT2D eigenvalue weighted by Crippen LogP contribution is -2.65. The minimum atomic E-state index is -0.0341. The minimum Gasteiger partial charge on any atom is -0.334 e. The summed E-state index contributed by atoms with van der Waals surface area (Å²) in [6.45, 7) is 7.05. The van der Waals surface area contributed by atoms with Crippen molar-refractivity contribution in [1.82, 2.24) is 9.13 Å². The van der Waals surface area contributed by atoms with E-state index in [0.717, 1.165) is 38.5 Å². The van der Waals surface area contributed by atoms with Gasteiger partial charge >= 0.3 is 0 Å². The van der Waals surface area contributed by atoms with Crippen LogP contribution in [0.2, 0.25) is 0 Å². The summed E-state index contributed by atoms with van der Waals surface area (Å²) in [5.74, 6) is 1.75. The van der Waals surface area contributed by atoms with Crippen LogP contribution < -0.4 is 26.2 Å². The molecule has 0 amide bonds. The van der Waals surface area contributed by atoms with E-state index in [9.17, 15) is 0 Å². The van der Waals surface area contributed by atoms with Gasteiger partial charge in [-0.15, -0.1) is 0 Å². The zero-order valence-corrected chi connectivity index (χ0v) is 54.2. The number of aryl methyl sites for hydroxylation is 3. The second-order valence-electron chi connectivity index (χ2n) is 28.8. The van der Waals surface area contributed by atoms with E-state index >= 15 is 0 Å². The van der Waals surface area contributed by atoms with Crippen molar-refractivity contribution in [2.75, 3.05) is 9.80 Å². The normalized spacial score (nSPS) is 22.9. The van der Waals surface area contributed by atoms with E-state index in [1.165, 1.54) is 199 Å². The first-order valence-corrected chi connectivity index (χ1v) is 35.6. The van der Waals surface area contributed by atoms with Gasteiger partial charge in [0.15, 0.2) is 0 Å². The Hall–Kier alpha value is -8.54. The third kappa shape index (κ3) is 9.05. The topological polar surface area (TPSA) is 16.3 Å². The molecule has 6 aliphatic carbocycles. The Bertz CT molecular complexity index is 4440. The van der Waals surface area contributed by atoms with Gasteiger partial charge in [-0.05, 0) is 259 Å². The van der Waals surface area contributed by atoms with Crippen LogP contribution in [-0.2, 0) is 0 Å². The first-order valence-electron chi connectivity index (χ1n) is 35.6. The predicted molar refractivity (Wildman–Crippen MR) is 392 cm³/mol. The van der Waals surface area contributed by atoms with Crippen LogP contribution in [-0.4, -0.2) is 27.9 Å². The van der Waals surface area contributed by atoms with Gasteiger partial charge in [0.25, 0.3) is 6.71 Å². The lowest BCUT2D eigenvalue weighted by atomic mass is 9.33. The van der Waals surface area contributed by atoms with Gasteiger partial charge in [-0.25, -0.2) is 0 Å². The summed E-state index contributed by atoms with van der Waals surface area (Å²) in [5, 5.41) is 5.21. The van der Waals surface area contributed by atoms with Gasteiger partial charge in [-0.1, -0.05) is 162 Å². The highest BCUT2D eigenvalue weighted by atomic mass is 15.2. The van der Waals surface area contributed by atoms with Crippen molar-refractivity contribution < 1.29 is 0 Å². The highest BCUT2D eigenvalue weighted by Gasteiger charge is 2.51. The molecule has 4 nitrogen and oxygen atoms in total. The number of anilines is 4. The number of nitrogens with zero attached hydrogens (tertiary/aromatic N) is 4. The first-order chi connectivity index (χ1) is 45.4. The molecule has 18 rings (SSSR count). The van der Waals surface area contributed by atoms with Crippen molar-refractivity contribution in [3.63, 3.8) is 0 Å². The van der Waals surface area contributed by atoms with Gasteiger partial charge < -0.3 is 18.9 Å². The molecule has 0 saturated heterocycles. The second kappa shape index (κ2) is 22.9. The molecule has 2 aliphatic heterocycles. The number of fused-ring (bicyclic) bond motifs is 10. The summed E-state index contributed by atoms with van der Waals surface area (Å²) in [5.41, 5.74) is 31.0. The highest BCUT2D eigenvalue weighted by Crippen LogP contribution is 2.54. The van der Waals surface area contributed by atoms with Crippen LogP contribution in [0.25, 0.3) is 66.1 Å². The zero-order valence-electron chi connectivity index (χ0n) is 54.2. The van der Waals surface area contributed by atoms with Crippen LogP contribution in [0.15, 0.2) is 229 Å². The van der Waals surface area contributed by atoms with Crippen molar-refractivity contribution in [2.45, 2.75) is 148 Å². The number of para-hydroxylation sites is 4. The molecule has 6 atom stereocenters. The van der Waals surface area contributed by atoms with Gasteiger partial charge in [0.1, 0.15) is 0 Å². The summed E-state index contributed by atoms with van der Waals surface area (Å²) in [4.78, 5) is 6.13. The van der Waals surface area contributed by atoms with Crippen LogP contribution in [0.5, 0.6) is 0 Å². The number of hydrogen-bond donors (Lipinski definition) is 0. The zero-order chi connectivity index (χ0) is 61.1. The van der Waals surface area contributed by atoms with Crippen molar-refractivity contribution in [3.8, 4) is 22.5 Å². The Labute approximate surface area is 545 Å². The van der Waals surface area contributed by atoms with Gasteiger partial charge in [0.2, 0.25) is 0 Å². The van der Waals surface area contributed by atoms with Crippen molar-refractivity contribution >= 4 is 89.5 Å². The molecule has 5 heteroatoms. The summed E-state index contributed by atoms with van der Waals surface area (Å²) in [6, 6.07) is 63.0. The molecule has 6 unspecified atom stereocenters. The maximum Gasteiger partial charge on any atom is 0.252 e. The SMILES string of the molecule is Cc1cc(C)c(-c2cc3c4c(c2)N(C2C(C5CC=CCC5)=CCCC2C2=CCCCC2)c2cc(-n5c6ccccc6c6ccccc65)ccc2B4c2ccc(-n4c5ccccc5c5ccccc54)cc2N3C2C(C3CC=CCC3)=CCCC2C2=CCCCC2)c(C)c1. The molecule has 8 aliphatic rings. The number of rotatable bonds is 9. The first kappa shape index (κ1) is 56.2. The second-order valence-corrected chi connectivity index (χ2v) is 28.8. The molecule has 0 radical (unpaired) electrons. The molecular formula is C87H85BN4. The number of benzene rings is 8. The van der Waals surface area contributed by atoms with E-state index in [4.69, 9.17) is 0 Å². The van der Waals surface area contributed by atoms with Crippen LogP contribution in [0.3, 0.4) is 0 Å². The van der Waals surface area contributed by atoms with Gasteiger partial charge in [-0.2, -0.15) is 0 Å². The van der Waals surface area contributed by atoms with Crippen LogP contribution in [0.1, 0.15) is 132 Å². The summed E-state index contributed by atoms with van der Waals surface area (Å²) in [6.07, 6.45) is 42.4. The summed E-state index contributed by atoms with van der Waals surface area (Å²) >= 11 is 0. The molecule has 92 heavy (non-hydrogen) atoms. The largest absolute Gasteiger partial charge is 0.334 e. The number of allylic oxidation sites excluding steroid dienone is 8. The van der Waals surface area contributed by atoms with E-state index in [-0.39, 0.29) is 18.8 Å². The quantitative estimate of drug-likeness (QED) is 0.106. The lowest BCUT2D eigenvalue weighted by molar-refractivity contribution is 0.391. The molecule has 0 fully saturated rings. The molecule has 0 saturated carbocycles. The smallest absolute Gasteiger partial charge is 0.252 e. The maximum absolute atomic E-state index is 3.06. The van der Waals surface area contributed by atoms with Crippen LogP contribution in [0, 0.1) is 44.4 Å². The minimum absolute atomic E-state index is 0.0341. The van der Waals surface area contributed by atoms with Crippen molar-refractivity contribution in [2.24, 2.45) is 23.7 Å². The fourth-order valence-electron chi connectivity index (χ4n) is 19.8. The van der Waals surface area contributed by atoms with Crippen LogP contribution >= 0.6 is 0 Å². The van der Waals surface area contributed by atoms with Gasteiger partial charge in [0.05, 0.1) is 34.2 Å². The fraction of sp³-hybridized carbons (Fsp3) is 0.310. The Kier molecular flexibility index (Phi) is 14.0. The van der Waals surface area contributed by atoms with Crippen molar-refractivity contribution in [1.29, 1.82) is 0 Å². The monoisotopic (exact) mass is 1200 g/mol. The van der Waals surface area contributed by atoms with E-state index in [1.54, 1.807) is 22.3 Å². The molecule has 10 aromatic rings. The number of hydrogen-bond acceptors (Lipinski definition) is 2. The van der Waals surface area contributed by atoms with E-state index < -0.39 is 0 Å². The third-order valence-electron chi connectivity index (χ3n) is 23.6. The predicted octanol–water partition coefficient (Wildman–Crippen LogP) is 21.0. The Morgan fingerprint density at radius 2 is 0.826 bits per heavy atom. The van der Waals surface area contributed by atoms with Crippen molar-refractivity contribution in [3.05, 3.63) is 245 Å². The molecule has 0 N–H and O–H groups in total. The van der Waals surface area contributed by atoms with Gasteiger partial charge in [0, 0.05) is 67.5 Å². The average molecular weight is 1200 g/mol. The summed E-state index contributed by atoms with van der Waals surface area (Å²) < 4.78 is 5.19. The number of aromatic nitrogens is 2. The van der Waals surface area contributed by atoms with E-state index in [2.05, 4.69) is 246 Å². The highest BCUT2D eigenvalue weighted by molar-refractivity contribution is 7.00. The van der Waals surface area contributed by atoms with E-state index in [0.29, 0.717) is 23.7 Å². The molecule has 0 spiro atoms.